The van der Waals surface area contributed by atoms with Crippen molar-refractivity contribution in [2.45, 2.75) is 33.2 Å². The minimum Gasteiger partial charge on any atom is -0.366 e. The molecular formula is C21H21ClN2O2. The molecule has 3 rings (SSSR count). The maximum absolute atomic E-state index is 12.4. The predicted molar refractivity (Wildman–Crippen MR) is 105 cm³/mol. The molecule has 4 nitrogen and oxygen atoms in total. The average Bonchev–Trinajstić information content (AvgIpc) is 2.90. The molecule has 1 aromatic heterocycles. The minimum absolute atomic E-state index is 0.0168. The van der Waals surface area contributed by atoms with Crippen LogP contribution in [0.2, 0.25) is 5.02 Å². The van der Waals surface area contributed by atoms with Crippen LogP contribution in [0, 0.1) is 0 Å². The van der Waals surface area contributed by atoms with E-state index in [9.17, 15) is 9.59 Å². The fourth-order valence-electron chi connectivity index (χ4n) is 3.42. The Bertz CT molecular complexity index is 1000. The van der Waals surface area contributed by atoms with Crippen molar-refractivity contribution in [3.63, 3.8) is 0 Å². The van der Waals surface area contributed by atoms with Gasteiger partial charge >= 0.3 is 0 Å². The summed E-state index contributed by atoms with van der Waals surface area (Å²) in [5.74, 6) is -0.470. The molecule has 0 fully saturated rings. The van der Waals surface area contributed by atoms with Crippen molar-refractivity contribution >= 4 is 34.2 Å². The Morgan fingerprint density at radius 3 is 2.50 bits per heavy atom. The molecule has 0 unspecified atom stereocenters. The molecule has 0 saturated carbocycles. The number of amides is 1. The lowest BCUT2D eigenvalue weighted by Crippen LogP contribution is -2.11. The third-order valence-corrected chi connectivity index (χ3v) is 4.95. The Morgan fingerprint density at radius 2 is 1.88 bits per heavy atom. The van der Waals surface area contributed by atoms with E-state index in [1.165, 1.54) is 0 Å². The lowest BCUT2D eigenvalue weighted by molar-refractivity contribution is 0.0996. The summed E-state index contributed by atoms with van der Waals surface area (Å²) < 4.78 is 2.09. The van der Waals surface area contributed by atoms with Crippen molar-refractivity contribution in [1.82, 2.24) is 4.57 Å². The summed E-state index contributed by atoms with van der Waals surface area (Å²) in [5.41, 5.74) is 9.35. The second-order valence-corrected chi connectivity index (χ2v) is 6.81. The standard InChI is InChI=1S/C21H21ClN2O2/c1-3-6-18-20(13(2)25)16-10-9-14(21(23)26)11-19(16)24(18)12-15-7-4-5-8-17(15)22/h4-5,7-11H,3,6,12H2,1-2H3,(H2,23,26). The lowest BCUT2D eigenvalue weighted by Gasteiger charge is -2.13. The van der Waals surface area contributed by atoms with E-state index < -0.39 is 5.91 Å². The van der Waals surface area contributed by atoms with E-state index in [4.69, 9.17) is 17.3 Å². The van der Waals surface area contributed by atoms with E-state index in [2.05, 4.69) is 11.5 Å². The molecule has 3 aromatic rings. The molecule has 1 heterocycles. The number of nitrogens with two attached hydrogens (primary N) is 1. The number of carbonyl (C=O) groups is 2. The van der Waals surface area contributed by atoms with Gasteiger partial charge in [0.05, 0.1) is 5.52 Å². The van der Waals surface area contributed by atoms with Crippen LogP contribution in [0.15, 0.2) is 42.5 Å². The number of hydrogen-bond acceptors (Lipinski definition) is 2. The first kappa shape index (κ1) is 18.2. The van der Waals surface area contributed by atoms with Crippen LogP contribution in [0.1, 0.15) is 52.2 Å². The molecule has 0 radical (unpaired) electrons. The van der Waals surface area contributed by atoms with Crippen LogP contribution in [0.4, 0.5) is 0 Å². The number of primary amides is 1. The van der Waals surface area contributed by atoms with Gasteiger partial charge in [0.15, 0.2) is 5.78 Å². The van der Waals surface area contributed by atoms with E-state index >= 15 is 0 Å². The van der Waals surface area contributed by atoms with E-state index in [0.717, 1.165) is 35.0 Å². The number of fused-ring (bicyclic) bond motifs is 1. The molecule has 0 saturated heterocycles. The molecule has 0 spiro atoms. The highest BCUT2D eigenvalue weighted by Gasteiger charge is 2.21. The highest BCUT2D eigenvalue weighted by atomic mass is 35.5. The highest BCUT2D eigenvalue weighted by Crippen LogP contribution is 2.30. The maximum atomic E-state index is 12.4. The minimum atomic E-state index is -0.487. The van der Waals surface area contributed by atoms with Crippen LogP contribution < -0.4 is 5.73 Å². The van der Waals surface area contributed by atoms with Gasteiger partial charge in [-0.25, -0.2) is 0 Å². The Hall–Kier alpha value is -2.59. The number of ketones is 1. The largest absolute Gasteiger partial charge is 0.366 e. The highest BCUT2D eigenvalue weighted by molar-refractivity contribution is 6.31. The van der Waals surface area contributed by atoms with Crippen LogP contribution in [-0.4, -0.2) is 16.3 Å². The first-order valence-corrected chi connectivity index (χ1v) is 9.01. The molecule has 0 aliphatic rings. The third-order valence-electron chi connectivity index (χ3n) is 4.58. The Balaban J connectivity index is 2.31. The van der Waals surface area contributed by atoms with Gasteiger partial charge in [0, 0.05) is 33.8 Å². The van der Waals surface area contributed by atoms with Gasteiger partial charge in [-0.05, 0) is 37.1 Å². The van der Waals surface area contributed by atoms with Gasteiger partial charge in [0.1, 0.15) is 0 Å². The van der Waals surface area contributed by atoms with E-state index in [1.807, 2.05) is 30.3 Å². The van der Waals surface area contributed by atoms with Gasteiger partial charge in [-0.15, -0.1) is 0 Å². The molecular weight excluding hydrogens is 348 g/mol. The van der Waals surface area contributed by atoms with Gasteiger partial charge in [-0.1, -0.05) is 49.2 Å². The third kappa shape index (κ3) is 3.25. The molecule has 134 valence electrons. The molecule has 0 bridgehead atoms. The van der Waals surface area contributed by atoms with Crippen molar-refractivity contribution in [3.05, 3.63) is 69.9 Å². The number of carbonyl (C=O) groups excluding carboxylic acids is 2. The van der Waals surface area contributed by atoms with Gasteiger partial charge < -0.3 is 10.3 Å². The summed E-state index contributed by atoms with van der Waals surface area (Å²) in [6, 6.07) is 12.9. The smallest absolute Gasteiger partial charge is 0.248 e. The zero-order valence-electron chi connectivity index (χ0n) is 14.9. The summed E-state index contributed by atoms with van der Waals surface area (Å²) in [4.78, 5) is 24.0. The molecule has 0 atom stereocenters. The summed E-state index contributed by atoms with van der Waals surface area (Å²) >= 11 is 6.35. The van der Waals surface area contributed by atoms with Crippen LogP contribution in [0.5, 0.6) is 0 Å². The molecule has 26 heavy (non-hydrogen) atoms. The summed E-state index contributed by atoms with van der Waals surface area (Å²) in [6.07, 6.45) is 1.67. The van der Waals surface area contributed by atoms with Crippen LogP contribution >= 0.6 is 11.6 Å². The molecule has 0 aliphatic carbocycles. The fraction of sp³-hybridized carbons (Fsp3) is 0.238. The molecule has 2 aromatic carbocycles. The van der Waals surface area contributed by atoms with Gasteiger partial charge in [-0.2, -0.15) is 0 Å². The zero-order valence-corrected chi connectivity index (χ0v) is 15.6. The number of rotatable bonds is 6. The number of benzene rings is 2. The van der Waals surface area contributed by atoms with Crippen molar-refractivity contribution in [2.24, 2.45) is 5.73 Å². The van der Waals surface area contributed by atoms with E-state index in [0.29, 0.717) is 22.7 Å². The number of Topliss-reactive ketones (excluding diaryl/α,β-unsaturated/α-hetero) is 1. The summed E-state index contributed by atoms with van der Waals surface area (Å²) in [6.45, 7) is 4.19. The SMILES string of the molecule is CCCc1c(C(C)=O)c2ccc(C(N)=O)cc2n1Cc1ccccc1Cl. The number of nitrogens with zero attached hydrogens (tertiary/aromatic N) is 1. The fourth-order valence-corrected chi connectivity index (χ4v) is 3.62. The first-order chi connectivity index (χ1) is 12.4. The van der Waals surface area contributed by atoms with Crippen LogP contribution in [0.25, 0.3) is 10.9 Å². The summed E-state index contributed by atoms with van der Waals surface area (Å²) in [5, 5.41) is 1.52. The van der Waals surface area contributed by atoms with Gasteiger partial charge in [-0.3, -0.25) is 9.59 Å². The van der Waals surface area contributed by atoms with Gasteiger partial charge in [0.2, 0.25) is 5.91 Å². The van der Waals surface area contributed by atoms with Crippen LogP contribution in [0.3, 0.4) is 0 Å². The molecule has 5 heteroatoms. The number of hydrogen-bond donors (Lipinski definition) is 1. The van der Waals surface area contributed by atoms with Gasteiger partial charge in [0.25, 0.3) is 0 Å². The van der Waals surface area contributed by atoms with Crippen molar-refractivity contribution < 1.29 is 9.59 Å². The first-order valence-electron chi connectivity index (χ1n) is 8.63. The van der Waals surface area contributed by atoms with Crippen LogP contribution in [-0.2, 0) is 13.0 Å². The Kier molecular flexibility index (Phi) is 5.14. The topological polar surface area (TPSA) is 65.1 Å². The number of aromatic nitrogens is 1. The lowest BCUT2D eigenvalue weighted by atomic mass is 10.0. The monoisotopic (exact) mass is 368 g/mol. The average molecular weight is 369 g/mol. The van der Waals surface area contributed by atoms with E-state index in [1.54, 1.807) is 19.1 Å². The predicted octanol–water partition coefficient (Wildman–Crippen LogP) is 4.60. The number of halogens is 1. The van der Waals surface area contributed by atoms with E-state index in [-0.39, 0.29) is 5.78 Å². The normalized spacial score (nSPS) is 11.0. The van der Waals surface area contributed by atoms with Crippen molar-refractivity contribution in [1.29, 1.82) is 0 Å². The molecule has 1 amide bonds. The Morgan fingerprint density at radius 1 is 1.15 bits per heavy atom. The van der Waals surface area contributed by atoms with Crippen molar-refractivity contribution in [2.75, 3.05) is 0 Å². The van der Waals surface area contributed by atoms with Crippen molar-refractivity contribution in [3.8, 4) is 0 Å². The Labute approximate surface area is 157 Å². The summed E-state index contributed by atoms with van der Waals surface area (Å²) in [7, 11) is 0. The second-order valence-electron chi connectivity index (χ2n) is 6.40. The molecule has 0 aliphatic heterocycles. The second kappa shape index (κ2) is 7.34. The maximum Gasteiger partial charge on any atom is 0.248 e. The quantitative estimate of drug-likeness (QED) is 0.646. The molecule has 2 N–H and O–H groups in total. The zero-order chi connectivity index (χ0) is 18.8.